The standard InChI is InChI=1S/C15H18N2O5S/c1-4-5-9-16-13-11(15(21)22-9)8(2)12(23-13)14(20)17(3)7-6-10(18)19/h4-7H2,1-3H3,(H,18,19). The topological polar surface area (TPSA) is 101 Å². The van der Waals surface area contributed by atoms with Crippen molar-refractivity contribution in [3.63, 3.8) is 0 Å². The Labute approximate surface area is 136 Å². The minimum atomic E-state index is -0.968. The normalized spacial score (nSPS) is 10.9. The van der Waals surface area contributed by atoms with Crippen molar-refractivity contribution in [2.24, 2.45) is 0 Å². The zero-order valence-corrected chi connectivity index (χ0v) is 14.0. The van der Waals surface area contributed by atoms with Crippen molar-refractivity contribution >= 4 is 33.4 Å². The van der Waals surface area contributed by atoms with Crippen molar-refractivity contribution in [1.82, 2.24) is 9.88 Å². The maximum Gasteiger partial charge on any atom is 0.348 e. The Morgan fingerprint density at radius 1 is 1.39 bits per heavy atom. The van der Waals surface area contributed by atoms with Crippen LogP contribution >= 0.6 is 11.3 Å². The zero-order chi connectivity index (χ0) is 17.1. The molecule has 2 rings (SSSR count). The Morgan fingerprint density at radius 2 is 2.09 bits per heavy atom. The number of carboxylic acids is 1. The molecule has 8 heteroatoms. The van der Waals surface area contributed by atoms with Crippen LogP contribution in [0.4, 0.5) is 0 Å². The first-order chi connectivity index (χ1) is 10.8. The van der Waals surface area contributed by atoms with Crippen molar-refractivity contribution in [3.8, 4) is 0 Å². The van der Waals surface area contributed by atoms with Gasteiger partial charge in [-0.1, -0.05) is 6.92 Å². The third-order valence-corrected chi connectivity index (χ3v) is 4.61. The number of hydrogen-bond donors (Lipinski definition) is 1. The number of carbonyl (C=O) groups excluding carboxylic acids is 1. The molecule has 23 heavy (non-hydrogen) atoms. The molecule has 0 radical (unpaired) electrons. The van der Waals surface area contributed by atoms with Crippen molar-refractivity contribution in [2.75, 3.05) is 13.6 Å². The summed E-state index contributed by atoms with van der Waals surface area (Å²) in [6.45, 7) is 3.73. The van der Waals surface area contributed by atoms with Gasteiger partial charge in [0.1, 0.15) is 10.2 Å². The van der Waals surface area contributed by atoms with Gasteiger partial charge in [-0.25, -0.2) is 9.78 Å². The average molecular weight is 338 g/mol. The Morgan fingerprint density at radius 3 is 2.70 bits per heavy atom. The van der Waals surface area contributed by atoms with Crippen LogP contribution in [-0.4, -0.2) is 40.5 Å². The lowest BCUT2D eigenvalue weighted by Gasteiger charge is -2.15. The minimum absolute atomic E-state index is 0.102. The van der Waals surface area contributed by atoms with Crippen LogP contribution in [0, 0.1) is 6.92 Å². The monoisotopic (exact) mass is 338 g/mol. The smallest absolute Gasteiger partial charge is 0.348 e. The molecule has 0 atom stereocenters. The molecular weight excluding hydrogens is 320 g/mol. The molecule has 2 heterocycles. The Kier molecular flexibility index (Phi) is 5.15. The first-order valence-corrected chi connectivity index (χ1v) is 8.07. The highest BCUT2D eigenvalue weighted by Gasteiger charge is 2.22. The molecule has 0 aliphatic rings. The van der Waals surface area contributed by atoms with Crippen LogP contribution in [0.5, 0.6) is 0 Å². The van der Waals surface area contributed by atoms with Gasteiger partial charge in [0.15, 0.2) is 5.89 Å². The molecule has 2 aromatic rings. The first kappa shape index (κ1) is 17.1. The van der Waals surface area contributed by atoms with Crippen LogP contribution in [0.1, 0.15) is 40.9 Å². The summed E-state index contributed by atoms with van der Waals surface area (Å²) in [7, 11) is 1.54. The molecule has 7 nitrogen and oxygen atoms in total. The van der Waals surface area contributed by atoms with Crippen molar-refractivity contribution in [1.29, 1.82) is 0 Å². The van der Waals surface area contributed by atoms with Crippen LogP contribution in [0.3, 0.4) is 0 Å². The van der Waals surface area contributed by atoms with Crippen LogP contribution in [0.15, 0.2) is 9.21 Å². The van der Waals surface area contributed by atoms with Crippen molar-refractivity contribution in [3.05, 3.63) is 26.8 Å². The second-order valence-corrected chi connectivity index (χ2v) is 6.25. The number of fused-ring (bicyclic) bond motifs is 1. The number of hydrogen-bond acceptors (Lipinski definition) is 6. The van der Waals surface area contributed by atoms with E-state index in [2.05, 4.69) is 4.98 Å². The number of carbonyl (C=O) groups is 2. The van der Waals surface area contributed by atoms with Crippen LogP contribution in [0.2, 0.25) is 0 Å². The van der Waals surface area contributed by atoms with E-state index in [-0.39, 0.29) is 18.9 Å². The lowest BCUT2D eigenvalue weighted by Crippen LogP contribution is -2.28. The molecule has 124 valence electrons. The quantitative estimate of drug-likeness (QED) is 0.865. The van der Waals surface area contributed by atoms with Gasteiger partial charge < -0.3 is 14.4 Å². The Bertz CT molecular complexity index is 808. The second-order valence-electron chi connectivity index (χ2n) is 5.25. The number of rotatable bonds is 6. The maximum absolute atomic E-state index is 12.5. The van der Waals surface area contributed by atoms with Gasteiger partial charge in [0.25, 0.3) is 5.91 Å². The minimum Gasteiger partial charge on any atom is -0.481 e. The molecule has 0 saturated carbocycles. The summed E-state index contributed by atoms with van der Waals surface area (Å²) < 4.78 is 5.18. The number of aliphatic carboxylic acids is 1. The number of carboxylic acid groups (broad SMARTS) is 1. The fourth-order valence-electron chi connectivity index (χ4n) is 2.17. The van der Waals surface area contributed by atoms with E-state index in [0.29, 0.717) is 33.0 Å². The number of aromatic nitrogens is 1. The Hall–Kier alpha value is -2.22. The molecule has 0 spiro atoms. The van der Waals surface area contributed by atoms with Gasteiger partial charge in [0, 0.05) is 20.0 Å². The van der Waals surface area contributed by atoms with E-state index in [4.69, 9.17) is 9.52 Å². The van der Waals surface area contributed by atoms with E-state index in [1.165, 1.54) is 11.9 Å². The van der Waals surface area contributed by atoms with Gasteiger partial charge in [-0.15, -0.1) is 11.3 Å². The molecule has 0 fully saturated rings. The number of amides is 1. The number of nitrogens with zero attached hydrogens (tertiary/aromatic N) is 2. The fraction of sp³-hybridized carbons (Fsp3) is 0.467. The van der Waals surface area contributed by atoms with Crippen molar-refractivity contribution < 1.29 is 19.1 Å². The lowest BCUT2D eigenvalue weighted by atomic mass is 10.2. The molecule has 0 saturated heterocycles. The first-order valence-electron chi connectivity index (χ1n) is 7.25. The highest BCUT2D eigenvalue weighted by molar-refractivity contribution is 7.20. The highest BCUT2D eigenvalue weighted by Crippen LogP contribution is 2.28. The van der Waals surface area contributed by atoms with Gasteiger partial charge in [0.05, 0.1) is 11.3 Å². The summed E-state index contributed by atoms with van der Waals surface area (Å²) in [5.74, 6) is -0.920. The van der Waals surface area contributed by atoms with E-state index in [1.54, 1.807) is 6.92 Å². The van der Waals surface area contributed by atoms with Crippen LogP contribution < -0.4 is 5.63 Å². The molecule has 1 N–H and O–H groups in total. The average Bonchev–Trinajstić information content (AvgIpc) is 2.81. The fourth-order valence-corrected chi connectivity index (χ4v) is 3.35. The summed E-state index contributed by atoms with van der Waals surface area (Å²) in [4.78, 5) is 41.7. The van der Waals surface area contributed by atoms with E-state index in [9.17, 15) is 14.4 Å². The Balaban J connectivity index is 2.40. The molecule has 0 aliphatic heterocycles. The second kappa shape index (κ2) is 6.91. The predicted octanol–water partition coefficient (Wildman–Crippen LogP) is 2.06. The maximum atomic E-state index is 12.5. The van der Waals surface area contributed by atoms with E-state index < -0.39 is 11.6 Å². The predicted molar refractivity (Wildman–Crippen MR) is 86.1 cm³/mol. The van der Waals surface area contributed by atoms with Crippen LogP contribution in [0.25, 0.3) is 10.2 Å². The number of thiophene rings is 1. The third kappa shape index (κ3) is 3.58. The van der Waals surface area contributed by atoms with Gasteiger partial charge in [0.2, 0.25) is 0 Å². The summed E-state index contributed by atoms with van der Waals surface area (Å²) in [6.07, 6.45) is 1.23. The summed E-state index contributed by atoms with van der Waals surface area (Å²) in [5.41, 5.74) is 0.0425. The van der Waals surface area contributed by atoms with E-state index >= 15 is 0 Å². The summed E-state index contributed by atoms with van der Waals surface area (Å²) >= 11 is 1.14. The molecule has 0 aliphatic carbocycles. The number of aryl methyl sites for hydroxylation is 2. The van der Waals surface area contributed by atoms with Gasteiger partial charge >= 0.3 is 11.6 Å². The van der Waals surface area contributed by atoms with Crippen molar-refractivity contribution in [2.45, 2.75) is 33.1 Å². The van der Waals surface area contributed by atoms with E-state index in [0.717, 1.165) is 17.8 Å². The van der Waals surface area contributed by atoms with E-state index in [1.807, 2.05) is 6.92 Å². The summed E-state index contributed by atoms with van der Waals surface area (Å²) in [6, 6.07) is 0. The molecular formula is C15H18N2O5S. The zero-order valence-electron chi connectivity index (χ0n) is 13.2. The molecule has 1 amide bonds. The van der Waals surface area contributed by atoms with Crippen LogP contribution in [-0.2, 0) is 11.2 Å². The van der Waals surface area contributed by atoms with Gasteiger partial charge in [-0.3, -0.25) is 9.59 Å². The lowest BCUT2D eigenvalue weighted by molar-refractivity contribution is -0.137. The molecule has 2 aromatic heterocycles. The van der Waals surface area contributed by atoms with Gasteiger partial charge in [-0.2, -0.15) is 0 Å². The molecule has 0 bridgehead atoms. The highest BCUT2D eigenvalue weighted by atomic mass is 32.1. The molecule has 0 unspecified atom stereocenters. The largest absolute Gasteiger partial charge is 0.481 e. The van der Waals surface area contributed by atoms with Gasteiger partial charge in [-0.05, 0) is 18.9 Å². The summed E-state index contributed by atoms with van der Waals surface area (Å²) in [5, 5.41) is 9.03. The molecule has 0 aromatic carbocycles. The third-order valence-electron chi connectivity index (χ3n) is 3.43. The SMILES string of the molecule is CCCc1nc2sc(C(=O)N(C)CCC(=O)O)c(C)c2c(=O)o1.